The maximum atomic E-state index is 11.2. The van der Waals surface area contributed by atoms with Crippen molar-refractivity contribution >= 4 is 10.9 Å². The van der Waals surface area contributed by atoms with Gasteiger partial charge in [0.25, 0.3) is 5.56 Å². The lowest BCUT2D eigenvalue weighted by Gasteiger charge is -2.01. The van der Waals surface area contributed by atoms with Crippen LogP contribution in [0.3, 0.4) is 0 Å². The summed E-state index contributed by atoms with van der Waals surface area (Å²) in [7, 11) is 0. The van der Waals surface area contributed by atoms with Gasteiger partial charge in [0.05, 0.1) is 10.9 Å². The molecular formula is C8H7N3O2. The Balaban J connectivity index is 3.15. The number of aromatic amines is 1. The summed E-state index contributed by atoms with van der Waals surface area (Å²) in [5.74, 6) is 5.42. The zero-order valence-electron chi connectivity index (χ0n) is 6.65. The van der Waals surface area contributed by atoms with Gasteiger partial charge < -0.3 is 5.84 Å². The van der Waals surface area contributed by atoms with Gasteiger partial charge in [0.1, 0.15) is 0 Å². The summed E-state index contributed by atoms with van der Waals surface area (Å²) < 4.78 is 0.913. The van der Waals surface area contributed by atoms with Gasteiger partial charge in [0, 0.05) is 0 Å². The van der Waals surface area contributed by atoms with Gasteiger partial charge in [0.15, 0.2) is 0 Å². The maximum absolute atomic E-state index is 11.2. The summed E-state index contributed by atoms with van der Waals surface area (Å²) in [6.07, 6.45) is 0. The molecule has 66 valence electrons. The minimum Gasteiger partial charge on any atom is -0.335 e. The summed E-state index contributed by atoms with van der Waals surface area (Å²) in [6, 6.07) is 6.65. The van der Waals surface area contributed by atoms with Crippen molar-refractivity contribution in [2.45, 2.75) is 0 Å². The molecule has 0 amide bonds. The molecule has 3 N–H and O–H groups in total. The molecule has 0 atom stereocenters. The standard InChI is InChI=1S/C8H7N3O2/c9-11-6-4-2-1-3-5(6)7(12)10-8(11)13/h1-4H,9H2,(H,10,12,13). The van der Waals surface area contributed by atoms with E-state index in [4.69, 9.17) is 5.84 Å². The van der Waals surface area contributed by atoms with Crippen LogP contribution in [0.25, 0.3) is 10.9 Å². The van der Waals surface area contributed by atoms with Gasteiger partial charge in [0.2, 0.25) is 0 Å². The van der Waals surface area contributed by atoms with Crippen molar-refractivity contribution in [2.24, 2.45) is 0 Å². The van der Waals surface area contributed by atoms with Crippen LogP contribution in [0.2, 0.25) is 0 Å². The Labute approximate surface area is 72.4 Å². The summed E-state index contributed by atoms with van der Waals surface area (Å²) >= 11 is 0. The van der Waals surface area contributed by atoms with Crippen molar-refractivity contribution in [1.82, 2.24) is 9.66 Å². The molecule has 13 heavy (non-hydrogen) atoms. The Bertz CT molecular complexity index is 567. The van der Waals surface area contributed by atoms with E-state index in [1.807, 2.05) is 0 Å². The lowest BCUT2D eigenvalue weighted by Crippen LogP contribution is -2.34. The molecule has 0 aliphatic heterocycles. The first-order chi connectivity index (χ1) is 6.20. The predicted molar refractivity (Wildman–Crippen MR) is 49.0 cm³/mol. The minimum atomic E-state index is -0.608. The van der Waals surface area contributed by atoms with Crippen LogP contribution in [0.4, 0.5) is 0 Å². The molecule has 0 unspecified atom stereocenters. The summed E-state index contributed by atoms with van der Waals surface area (Å²) in [4.78, 5) is 24.4. The summed E-state index contributed by atoms with van der Waals surface area (Å²) in [5, 5.41) is 0.407. The van der Waals surface area contributed by atoms with E-state index in [-0.39, 0.29) is 0 Å². The molecule has 1 aromatic carbocycles. The highest BCUT2D eigenvalue weighted by atomic mass is 16.2. The zero-order chi connectivity index (χ0) is 9.42. The predicted octanol–water partition coefficient (Wildman–Crippen LogP) is -0.596. The number of fused-ring (bicyclic) bond motifs is 1. The molecule has 2 rings (SSSR count). The number of aromatic nitrogens is 2. The Hall–Kier alpha value is -2.04. The quantitative estimate of drug-likeness (QED) is 0.527. The highest BCUT2D eigenvalue weighted by Gasteiger charge is 2.02. The lowest BCUT2D eigenvalue weighted by molar-refractivity contribution is 0.903. The molecule has 1 aromatic heterocycles. The molecule has 5 nitrogen and oxygen atoms in total. The van der Waals surface area contributed by atoms with Crippen molar-refractivity contribution in [1.29, 1.82) is 0 Å². The second-order valence-electron chi connectivity index (χ2n) is 2.65. The highest BCUT2D eigenvalue weighted by Crippen LogP contribution is 2.03. The fraction of sp³-hybridized carbons (Fsp3) is 0. The minimum absolute atomic E-state index is 0.407. The van der Waals surface area contributed by atoms with E-state index >= 15 is 0 Å². The summed E-state index contributed by atoms with van der Waals surface area (Å²) in [5.41, 5.74) is -0.595. The molecule has 1 heterocycles. The zero-order valence-corrected chi connectivity index (χ0v) is 6.65. The Morgan fingerprint density at radius 1 is 1.23 bits per heavy atom. The van der Waals surface area contributed by atoms with Crippen LogP contribution in [0.5, 0.6) is 0 Å². The Morgan fingerprint density at radius 2 is 1.92 bits per heavy atom. The van der Waals surface area contributed by atoms with E-state index in [0.29, 0.717) is 10.9 Å². The van der Waals surface area contributed by atoms with Crippen molar-refractivity contribution < 1.29 is 0 Å². The molecule has 0 bridgehead atoms. The van der Waals surface area contributed by atoms with Crippen LogP contribution in [-0.2, 0) is 0 Å². The Morgan fingerprint density at radius 3 is 2.69 bits per heavy atom. The fourth-order valence-electron chi connectivity index (χ4n) is 1.21. The van der Waals surface area contributed by atoms with E-state index < -0.39 is 11.2 Å². The molecule has 2 aromatic rings. The van der Waals surface area contributed by atoms with Gasteiger partial charge in [-0.05, 0) is 12.1 Å². The number of benzene rings is 1. The second kappa shape index (κ2) is 2.48. The highest BCUT2D eigenvalue weighted by molar-refractivity contribution is 5.77. The van der Waals surface area contributed by atoms with Gasteiger partial charge in [-0.1, -0.05) is 12.1 Å². The van der Waals surface area contributed by atoms with E-state index in [1.54, 1.807) is 24.3 Å². The monoisotopic (exact) mass is 177 g/mol. The van der Waals surface area contributed by atoms with Crippen LogP contribution in [0.15, 0.2) is 33.9 Å². The number of nitrogens with zero attached hydrogens (tertiary/aromatic N) is 1. The first-order valence-electron chi connectivity index (χ1n) is 3.69. The largest absolute Gasteiger partial charge is 0.347 e. The van der Waals surface area contributed by atoms with Crippen LogP contribution in [0.1, 0.15) is 0 Å². The molecule has 0 fully saturated rings. The molecule has 0 saturated carbocycles. The van der Waals surface area contributed by atoms with Gasteiger partial charge >= 0.3 is 5.69 Å². The average Bonchev–Trinajstić information content (AvgIpc) is 2.15. The molecule has 0 saturated heterocycles. The molecule has 0 aliphatic carbocycles. The average molecular weight is 177 g/mol. The topological polar surface area (TPSA) is 80.9 Å². The molecular weight excluding hydrogens is 170 g/mol. The van der Waals surface area contributed by atoms with Gasteiger partial charge in [-0.3, -0.25) is 9.78 Å². The first kappa shape index (κ1) is 7.60. The van der Waals surface area contributed by atoms with Crippen molar-refractivity contribution in [3.63, 3.8) is 0 Å². The van der Waals surface area contributed by atoms with Crippen LogP contribution in [0, 0.1) is 0 Å². The number of nitrogens with two attached hydrogens (primary N) is 1. The third kappa shape index (κ3) is 1.01. The number of hydrogen-bond acceptors (Lipinski definition) is 3. The smallest absolute Gasteiger partial charge is 0.335 e. The number of nitrogens with one attached hydrogen (secondary N) is 1. The first-order valence-corrected chi connectivity index (χ1v) is 3.69. The van der Waals surface area contributed by atoms with Crippen molar-refractivity contribution in [2.75, 3.05) is 5.84 Å². The van der Waals surface area contributed by atoms with E-state index in [2.05, 4.69) is 4.98 Å². The van der Waals surface area contributed by atoms with Crippen LogP contribution >= 0.6 is 0 Å². The summed E-state index contributed by atoms with van der Waals surface area (Å²) in [6.45, 7) is 0. The van der Waals surface area contributed by atoms with Crippen molar-refractivity contribution in [3.05, 3.63) is 45.1 Å². The van der Waals surface area contributed by atoms with Gasteiger partial charge in [-0.2, -0.15) is 0 Å². The van der Waals surface area contributed by atoms with Crippen LogP contribution in [-0.4, -0.2) is 9.66 Å². The number of hydrogen-bond donors (Lipinski definition) is 2. The number of rotatable bonds is 0. The lowest BCUT2D eigenvalue weighted by atomic mass is 10.2. The number of para-hydroxylation sites is 1. The Kier molecular flexibility index (Phi) is 1.45. The number of H-pyrrole nitrogens is 1. The fourth-order valence-corrected chi connectivity index (χ4v) is 1.21. The van der Waals surface area contributed by atoms with Crippen LogP contribution < -0.4 is 17.1 Å². The third-order valence-electron chi connectivity index (χ3n) is 1.85. The van der Waals surface area contributed by atoms with E-state index in [1.165, 1.54) is 0 Å². The van der Waals surface area contributed by atoms with Gasteiger partial charge in [-0.25, -0.2) is 9.47 Å². The molecule has 5 heteroatoms. The molecule has 0 radical (unpaired) electrons. The normalized spacial score (nSPS) is 10.5. The number of nitrogen functional groups attached to an aromatic ring is 1. The second-order valence-corrected chi connectivity index (χ2v) is 2.65. The molecule has 0 spiro atoms. The SMILES string of the molecule is Nn1c(=O)[nH]c(=O)c2ccccc21. The van der Waals surface area contributed by atoms with Crippen molar-refractivity contribution in [3.8, 4) is 0 Å². The van der Waals surface area contributed by atoms with Gasteiger partial charge in [-0.15, -0.1) is 0 Å². The van der Waals surface area contributed by atoms with E-state index in [9.17, 15) is 9.59 Å². The van der Waals surface area contributed by atoms with E-state index in [0.717, 1.165) is 4.68 Å². The third-order valence-corrected chi connectivity index (χ3v) is 1.85. The maximum Gasteiger partial charge on any atom is 0.347 e. The molecule has 0 aliphatic rings.